The van der Waals surface area contributed by atoms with Crippen LogP contribution in [0.5, 0.6) is 0 Å². The van der Waals surface area contributed by atoms with Crippen molar-refractivity contribution in [3.05, 3.63) is 28.8 Å². The highest BCUT2D eigenvalue weighted by Gasteiger charge is 2.27. The van der Waals surface area contributed by atoms with Gasteiger partial charge in [-0.05, 0) is 18.2 Å². The van der Waals surface area contributed by atoms with E-state index in [1.807, 2.05) is 0 Å². The maximum absolute atomic E-state index is 11.7. The van der Waals surface area contributed by atoms with Crippen LogP contribution in [0.4, 0.5) is 18.9 Å². The molecule has 0 amide bonds. The lowest BCUT2D eigenvalue weighted by molar-refractivity contribution is -0.175. The minimum Gasteiger partial charge on any atom is -0.460 e. The van der Waals surface area contributed by atoms with Crippen LogP contribution in [-0.2, 0) is 9.47 Å². The van der Waals surface area contributed by atoms with Gasteiger partial charge in [-0.2, -0.15) is 13.2 Å². The van der Waals surface area contributed by atoms with Crippen LogP contribution in [0.2, 0.25) is 5.02 Å². The van der Waals surface area contributed by atoms with Gasteiger partial charge in [-0.25, -0.2) is 4.79 Å². The fourth-order valence-corrected chi connectivity index (χ4v) is 1.34. The second-order valence-corrected chi connectivity index (χ2v) is 3.97. The van der Waals surface area contributed by atoms with Crippen LogP contribution in [0.15, 0.2) is 18.2 Å². The number of benzene rings is 1. The molecule has 4 nitrogen and oxygen atoms in total. The molecule has 8 heteroatoms. The lowest BCUT2D eigenvalue weighted by atomic mass is 10.2. The largest absolute Gasteiger partial charge is 0.460 e. The maximum atomic E-state index is 11.7. The van der Waals surface area contributed by atoms with Gasteiger partial charge < -0.3 is 15.2 Å². The molecule has 0 unspecified atom stereocenters. The topological polar surface area (TPSA) is 61.6 Å². The van der Waals surface area contributed by atoms with Gasteiger partial charge in [0.25, 0.3) is 0 Å². The van der Waals surface area contributed by atoms with Crippen LogP contribution in [-0.4, -0.2) is 32.0 Å². The van der Waals surface area contributed by atoms with Gasteiger partial charge >= 0.3 is 12.1 Å². The van der Waals surface area contributed by atoms with E-state index in [-0.39, 0.29) is 24.5 Å². The third-order valence-electron chi connectivity index (χ3n) is 1.96. The van der Waals surface area contributed by atoms with Crippen molar-refractivity contribution in [3.8, 4) is 0 Å². The highest BCUT2D eigenvalue weighted by Crippen LogP contribution is 2.18. The van der Waals surface area contributed by atoms with E-state index >= 15 is 0 Å². The average Bonchev–Trinajstić information content (AvgIpc) is 2.30. The van der Waals surface area contributed by atoms with E-state index in [1.165, 1.54) is 18.2 Å². The molecule has 0 radical (unpaired) electrons. The zero-order chi connectivity index (χ0) is 14.5. The maximum Gasteiger partial charge on any atom is 0.411 e. The van der Waals surface area contributed by atoms with Crippen molar-refractivity contribution in [1.29, 1.82) is 0 Å². The zero-order valence-electron chi connectivity index (χ0n) is 9.67. The molecule has 19 heavy (non-hydrogen) atoms. The molecule has 0 fully saturated rings. The average molecular weight is 298 g/mol. The van der Waals surface area contributed by atoms with Crippen molar-refractivity contribution < 1.29 is 27.4 Å². The molecule has 1 aromatic carbocycles. The number of alkyl halides is 3. The molecule has 0 aliphatic rings. The van der Waals surface area contributed by atoms with Crippen LogP contribution in [0, 0.1) is 0 Å². The summed E-state index contributed by atoms with van der Waals surface area (Å²) in [5, 5.41) is 0.300. The molecular formula is C11H11ClF3NO3. The number of nitrogen functional groups attached to an aromatic ring is 1. The molecule has 2 N–H and O–H groups in total. The number of halogens is 4. The standard InChI is InChI=1S/C11H11ClF3NO3/c12-7-1-2-9(16)8(5-7)10(17)19-4-3-18-6-11(13,14)15/h1-2,5H,3-4,6,16H2. The first-order valence-corrected chi connectivity index (χ1v) is 5.54. The smallest absolute Gasteiger partial charge is 0.411 e. The van der Waals surface area contributed by atoms with Crippen molar-refractivity contribution in [2.45, 2.75) is 6.18 Å². The van der Waals surface area contributed by atoms with Crippen molar-refractivity contribution in [3.63, 3.8) is 0 Å². The van der Waals surface area contributed by atoms with Crippen LogP contribution >= 0.6 is 11.6 Å². The number of rotatable bonds is 5. The first kappa shape index (κ1) is 15.6. The second-order valence-electron chi connectivity index (χ2n) is 3.54. The number of esters is 1. The molecule has 0 bridgehead atoms. The highest BCUT2D eigenvalue weighted by molar-refractivity contribution is 6.31. The van der Waals surface area contributed by atoms with Gasteiger partial charge in [0.2, 0.25) is 0 Å². The Kier molecular flexibility index (Phi) is 5.44. The number of ether oxygens (including phenoxy) is 2. The molecule has 0 heterocycles. The Morgan fingerprint density at radius 1 is 1.32 bits per heavy atom. The summed E-state index contributed by atoms with van der Waals surface area (Å²) in [6.07, 6.45) is -4.40. The Morgan fingerprint density at radius 2 is 2.00 bits per heavy atom. The molecule has 0 saturated carbocycles. The van der Waals surface area contributed by atoms with E-state index in [4.69, 9.17) is 22.1 Å². The van der Waals surface area contributed by atoms with E-state index in [0.717, 1.165) is 0 Å². The van der Waals surface area contributed by atoms with Crippen LogP contribution in [0.1, 0.15) is 10.4 Å². The Hall–Kier alpha value is -1.47. The summed E-state index contributed by atoms with van der Waals surface area (Å²) in [7, 11) is 0. The Labute approximate surface area is 112 Å². The van der Waals surface area contributed by atoms with Crippen LogP contribution in [0.3, 0.4) is 0 Å². The summed E-state index contributed by atoms with van der Waals surface area (Å²) in [5.41, 5.74) is 5.77. The highest BCUT2D eigenvalue weighted by atomic mass is 35.5. The molecule has 0 aliphatic carbocycles. The van der Waals surface area contributed by atoms with E-state index in [2.05, 4.69) is 4.74 Å². The van der Waals surface area contributed by atoms with E-state index in [9.17, 15) is 18.0 Å². The summed E-state index contributed by atoms with van der Waals surface area (Å²) < 4.78 is 44.2. The molecule has 1 aromatic rings. The molecule has 1 rings (SSSR count). The summed E-state index contributed by atoms with van der Waals surface area (Å²) in [6, 6.07) is 4.25. The van der Waals surface area contributed by atoms with Gasteiger partial charge in [0.05, 0.1) is 12.2 Å². The monoisotopic (exact) mass is 297 g/mol. The summed E-state index contributed by atoms with van der Waals surface area (Å²) >= 11 is 5.68. The zero-order valence-corrected chi connectivity index (χ0v) is 10.4. The number of anilines is 1. The van der Waals surface area contributed by atoms with E-state index in [1.54, 1.807) is 0 Å². The third kappa shape index (κ3) is 5.80. The Balaban J connectivity index is 2.38. The van der Waals surface area contributed by atoms with Crippen LogP contribution < -0.4 is 5.73 Å². The van der Waals surface area contributed by atoms with Crippen molar-refractivity contribution in [2.24, 2.45) is 0 Å². The number of carbonyl (C=O) groups excluding carboxylic acids is 1. The van der Waals surface area contributed by atoms with Gasteiger partial charge in [0, 0.05) is 10.7 Å². The SMILES string of the molecule is Nc1ccc(Cl)cc1C(=O)OCCOCC(F)(F)F. The molecule has 0 atom stereocenters. The molecular weight excluding hydrogens is 287 g/mol. The van der Waals surface area contributed by atoms with Crippen molar-refractivity contribution >= 4 is 23.3 Å². The molecule has 0 saturated heterocycles. The van der Waals surface area contributed by atoms with E-state index < -0.39 is 18.8 Å². The van der Waals surface area contributed by atoms with Gasteiger partial charge in [0.1, 0.15) is 13.2 Å². The number of nitrogens with two attached hydrogens (primary N) is 1. The Bertz CT molecular complexity index is 451. The lowest BCUT2D eigenvalue weighted by Gasteiger charge is -2.09. The molecule has 0 aliphatic heterocycles. The first-order chi connectivity index (χ1) is 8.79. The van der Waals surface area contributed by atoms with E-state index in [0.29, 0.717) is 5.02 Å². The fraction of sp³-hybridized carbons (Fsp3) is 0.364. The summed E-state index contributed by atoms with van der Waals surface area (Å²) in [4.78, 5) is 11.5. The van der Waals surface area contributed by atoms with Gasteiger partial charge in [-0.3, -0.25) is 0 Å². The summed E-state index contributed by atoms with van der Waals surface area (Å²) in [5.74, 6) is -0.768. The second kappa shape index (κ2) is 6.63. The third-order valence-corrected chi connectivity index (χ3v) is 2.20. The number of carbonyl (C=O) groups is 1. The fourth-order valence-electron chi connectivity index (χ4n) is 1.16. The van der Waals surface area contributed by atoms with Gasteiger partial charge in [-0.15, -0.1) is 0 Å². The molecule has 106 valence electrons. The quantitative estimate of drug-likeness (QED) is 0.515. The summed E-state index contributed by atoms with van der Waals surface area (Å²) in [6.45, 7) is -2.05. The van der Waals surface area contributed by atoms with Crippen molar-refractivity contribution in [1.82, 2.24) is 0 Å². The predicted octanol–water partition coefficient (Wildman–Crippen LogP) is 2.66. The van der Waals surface area contributed by atoms with Gasteiger partial charge in [0.15, 0.2) is 0 Å². The molecule has 0 spiro atoms. The number of hydrogen-bond acceptors (Lipinski definition) is 4. The van der Waals surface area contributed by atoms with Crippen molar-refractivity contribution in [2.75, 3.05) is 25.6 Å². The first-order valence-electron chi connectivity index (χ1n) is 5.16. The molecule has 0 aromatic heterocycles. The minimum atomic E-state index is -4.40. The number of hydrogen-bond donors (Lipinski definition) is 1. The Morgan fingerprint density at radius 3 is 2.63 bits per heavy atom. The lowest BCUT2D eigenvalue weighted by Crippen LogP contribution is -2.20. The van der Waals surface area contributed by atoms with Gasteiger partial charge in [-0.1, -0.05) is 11.6 Å². The predicted molar refractivity (Wildman–Crippen MR) is 63.0 cm³/mol. The normalized spacial score (nSPS) is 11.4. The minimum absolute atomic E-state index is 0.0586. The van der Waals surface area contributed by atoms with Crippen LogP contribution in [0.25, 0.3) is 0 Å².